The topological polar surface area (TPSA) is 84.2 Å². The number of fused-ring (bicyclic) bond motifs is 1. The quantitative estimate of drug-likeness (QED) is 0.388. The Morgan fingerprint density at radius 1 is 1.08 bits per heavy atom. The highest BCUT2D eigenvalue weighted by Crippen LogP contribution is 2.32. The highest BCUT2D eigenvalue weighted by atomic mass is 16.5. The van der Waals surface area contributed by atoms with E-state index in [-0.39, 0.29) is 5.91 Å². The van der Waals surface area contributed by atoms with Gasteiger partial charge in [-0.15, -0.1) is 0 Å². The zero-order chi connectivity index (χ0) is 25.8. The summed E-state index contributed by atoms with van der Waals surface area (Å²) in [5, 5.41) is 3.41. The van der Waals surface area contributed by atoms with E-state index < -0.39 is 0 Å². The number of imidazole rings is 1. The van der Waals surface area contributed by atoms with Gasteiger partial charge in [0.2, 0.25) is 5.91 Å². The Morgan fingerprint density at radius 3 is 2.68 bits per heavy atom. The molecule has 0 aliphatic carbocycles. The van der Waals surface area contributed by atoms with Gasteiger partial charge in [0.1, 0.15) is 0 Å². The average molecular weight is 501 g/mol. The fourth-order valence-electron chi connectivity index (χ4n) is 4.62. The maximum Gasteiger partial charge on any atom is 0.219 e. The molecule has 9 nitrogen and oxygen atoms in total. The maximum absolute atomic E-state index is 11.6. The van der Waals surface area contributed by atoms with Crippen molar-refractivity contribution in [3.63, 3.8) is 0 Å². The average Bonchev–Trinajstić information content (AvgIpc) is 3.39. The third kappa shape index (κ3) is 5.51. The molecule has 0 unspecified atom stereocenters. The van der Waals surface area contributed by atoms with E-state index in [1.54, 1.807) is 20.2 Å². The molecule has 0 bridgehead atoms. The Morgan fingerprint density at radius 2 is 1.92 bits per heavy atom. The molecule has 2 aromatic carbocycles. The van der Waals surface area contributed by atoms with Crippen molar-refractivity contribution in [1.29, 1.82) is 0 Å². The molecule has 0 spiro atoms. The zero-order valence-electron chi connectivity index (χ0n) is 21.5. The summed E-state index contributed by atoms with van der Waals surface area (Å²) in [5.74, 6) is 2.15. The number of carbonyl (C=O) groups is 1. The van der Waals surface area contributed by atoms with Gasteiger partial charge in [-0.1, -0.05) is 18.2 Å². The number of nitrogens with one attached hydrogen (secondary N) is 1. The summed E-state index contributed by atoms with van der Waals surface area (Å²) in [6.45, 7) is 8.29. The molecule has 0 saturated carbocycles. The monoisotopic (exact) mass is 500 g/mol. The van der Waals surface area contributed by atoms with Crippen LogP contribution in [-0.4, -0.2) is 70.0 Å². The highest BCUT2D eigenvalue weighted by Gasteiger charge is 2.19. The standard InChI is InChI=1S/C28H32N6O3/c1-4-37-25-9-8-23(17-26(25)36-3)30-27-28-29-10-11-34(28)19-24(31-27)22-7-5-6-21(16-22)18-32-12-14-33(15-13-32)20(2)35/h5-11,16-17,19H,4,12-15,18H2,1-3H3,(H,30,31). The third-order valence-electron chi connectivity index (χ3n) is 6.55. The number of aromatic nitrogens is 3. The van der Waals surface area contributed by atoms with Gasteiger partial charge in [0.25, 0.3) is 0 Å². The van der Waals surface area contributed by atoms with Crippen molar-refractivity contribution in [3.05, 3.63) is 66.6 Å². The van der Waals surface area contributed by atoms with Gasteiger partial charge in [0, 0.05) is 75.6 Å². The molecule has 2 aromatic heterocycles. The van der Waals surface area contributed by atoms with Gasteiger partial charge in [0.05, 0.1) is 19.4 Å². The van der Waals surface area contributed by atoms with E-state index in [0.717, 1.165) is 55.3 Å². The van der Waals surface area contributed by atoms with Crippen LogP contribution in [0.25, 0.3) is 16.9 Å². The van der Waals surface area contributed by atoms with Crippen LogP contribution in [0.5, 0.6) is 11.5 Å². The van der Waals surface area contributed by atoms with Gasteiger partial charge in [-0.2, -0.15) is 0 Å². The largest absolute Gasteiger partial charge is 0.493 e. The van der Waals surface area contributed by atoms with E-state index in [4.69, 9.17) is 14.5 Å². The van der Waals surface area contributed by atoms with Crippen molar-refractivity contribution < 1.29 is 14.3 Å². The van der Waals surface area contributed by atoms with E-state index >= 15 is 0 Å². The number of ether oxygens (including phenoxy) is 2. The smallest absolute Gasteiger partial charge is 0.219 e. The van der Waals surface area contributed by atoms with Gasteiger partial charge in [-0.3, -0.25) is 9.69 Å². The molecule has 1 aliphatic heterocycles. The number of hydrogen-bond donors (Lipinski definition) is 1. The minimum Gasteiger partial charge on any atom is -0.493 e. The van der Waals surface area contributed by atoms with Gasteiger partial charge in [-0.25, -0.2) is 9.97 Å². The van der Waals surface area contributed by atoms with Crippen LogP contribution in [0.1, 0.15) is 19.4 Å². The first-order chi connectivity index (χ1) is 18.0. The number of amides is 1. The summed E-state index contributed by atoms with van der Waals surface area (Å²) < 4.78 is 13.1. The van der Waals surface area contributed by atoms with Crippen LogP contribution in [0.2, 0.25) is 0 Å². The highest BCUT2D eigenvalue weighted by molar-refractivity contribution is 5.75. The molecule has 0 atom stereocenters. The second-order valence-corrected chi connectivity index (χ2v) is 9.04. The van der Waals surface area contributed by atoms with Crippen LogP contribution < -0.4 is 14.8 Å². The molecule has 4 aromatic rings. The predicted molar refractivity (Wildman–Crippen MR) is 143 cm³/mol. The van der Waals surface area contributed by atoms with Gasteiger partial charge in [0.15, 0.2) is 23.0 Å². The molecule has 1 aliphatic rings. The summed E-state index contributed by atoms with van der Waals surface area (Å²) in [6.07, 6.45) is 5.68. The lowest BCUT2D eigenvalue weighted by molar-refractivity contribution is -0.130. The van der Waals surface area contributed by atoms with Crippen LogP contribution in [-0.2, 0) is 11.3 Å². The Balaban J connectivity index is 1.39. The zero-order valence-corrected chi connectivity index (χ0v) is 21.5. The molecule has 1 fully saturated rings. The predicted octanol–water partition coefficient (Wildman–Crippen LogP) is 4.21. The fourth-order valence-corrected chi connectivity index (χ4v) is 4.62. The van der Waals surface area contributed by atoms with Crippen LogP contribution in [0.15, 0.2) is 61.1 Å². The normalized spacial score (nSPS) is 14.1. The van der Waals surface area contributed by atoms with Gasteiger partial charge >= 0.3 is 0 Å². The molecular formula is C28H32N6O3. The summed E-state index contributed by atoms with van der Waals surface area (Å²) in [4.78, 5) is 25.4. The number of rotatable bonds is 8. The van der Waals surface area contributed by atoms with Gasteiger partial charge < -0.3 is 24.1 Å². The lowest BCUT2D eigenvalue weighted by atomic mass is 10.1. The van der Waals surface area contributed by atoms with Crippen molar-refractivity contribution >= 4 is 23.1 Å². The molecule has 37 heavy (non-hydrogen) atoms. The van der Waals surface area contributed by atoms with E-state index in [9.17, 15) is 4.79 Å². The second kappa shape index (κ2) is 10.9. The minimum atomic E-state index is 0.149. The first kappa shape index (κ1) is 24.6. The first-order valence-electron chi connectivity index (χ1n) is 12.5. The van der Waals surface area contributed by atoms with Crippen molar-refractivity contribution in [1.82, 2.24) is 24.2 Å². The molecule has 1 N–H and O–H groups in total. The molecule has 1 amide bonds. The van der Waals surface area contributed by atoms with Crippen molar-refractivity contribution in [3.8, 4) is 22.8 Å². The molecule has 3 heterocycles. The van der Waals surface area contributed by atoms with Crippen molar-refractivity contribution in [2.45, 2.75) is 20.4 Å². The molecule has 5 rings (SSSR count). The lowest BCUT2D eigenvalue weighted by Crippen LogP contribution is -2.47. The van der Waals surface area contributed by atoms with Gasteiger partial charge in [-0.05, 0) is 30.7 Å². The van der Waals surface area contributed by atoms with Crippen LogP contribution in [0.4, 0.5) is 11.5 Å². The van der Waals surface area contributed by atoms with E-state index in [2.05, 4.69) is 39.5 Å². The third-order valence-corrected chi connectivity index (χ3v) is 6.55. The second-order valence-electron chi connectivity index (χ2n) is 9.04. The Hall–Kier alpha value is -4.11. The fraction of sp³-hybridized carbons (Fsp3) is 0.321. The molecule has 1 saturated heterocycles. The van der Waals surface area contributed by atoms with E-state index in [1.807, 2.05) is 46.8 Å². The number of piperazine rings is 1. The number of nitrogens with zero attached hydrogens (tertiary/aromatic N) is 5. The molecule has 0 radical (unpaired) electrons. The maximum atomic E-state index is 11.6. The number of methoxy groups -OCH3 is 1. The van der Waals surface area contributed by atoms with E-state index in [0.29, 0.717) is 23.9 Å². The number of benzene rings is 2. The molecular weight excluding hydrogens is 468 g/mol. The van der Waals surface area contributed by atoms with Crippen molar-refractivity contribution in [2.75, 3.05) is 45.2 Å². The van der Waals surface area contributed by atoms with Crippen LogP contribution in [0, 0.1) is 0 Å². The Labute approximate surface area is 216 Å². The summed E-state index contributed by atoms with van der Waals surface area (Å²) in [7, 11) is 1.63. The summed E-state index contributed by atoms with van der Waals surface area (Å²) >= 11 is 0. The first-order valence-corrected chi connectivity index (χ1v) is 12.5. The molecule has 192 valence electrons. The Kier molecular flexibility index (Phi) is 7.23. The number of carbonyl (C=O) groups excluding carboxylic acids is 1. The lowest BCUT2D eigenvalue weighted by Gasteiger charge is -2.34. The van der Waals surface area contributed by atoms with Crippen molar-refractivity contribution in [2.24, 2.45) is 0 Å². The van der Waals surface area contributed by atoms with Crippen LogP contribution >= 0.6 is 0 Å². The van der Waals surface area contributed by atoms with E-state index in [1.165, 1.54) is 5.56 Å². The minimum absolute atomic E-state index is 0.149. The summed E-state index contributed by atoms with van der Waals surface area (Å²) in [6, 6.07) is 14.2. The van der Waals surface area contributed by atoms with Crippen LogP contribution in [0.3, 0.4) is 0 Å². The molecule has 9 heteroatoms. The number of anilines is 2. The Bertz CT molecular complexity index is 1390. The number of hydrogen-bond acceptors (Lipinski definition) is 7. The summed E-state index contributed by atoms with van der Waals surface area (Å²) in [5.41, 5.74) is 4.65. The SMILES string of the molecule is CCOc1ccc(Nc2nc(-c3cccc(CN4CCN(C(C)=O)CC4)c3)cn3ccnc23)cc1OC.